The summed E-state index contributed by atoms with van der Waals surface area (Å²) < 4.78 is 4.88. The lowest BCUT2D eigenvalue weighted by atomic mass is 9.96. The van der Waals surface area contributed by atoms with Crippen molar-refractivity contribution in [2.45, 2.75) is 0 Å². The summed E-state index contributed by atoms with van der Waals surface area (Å²) in [4.78, 5) is 0. The quantitative estimate of drug-likeness (QED) is 0.179. The number of rotatable bonds is 3. The first-order valence-electron chi connectivity index (χ1n) is 18.0. The Kier molecular flexibility index (Phi) is 5.53. The molecule has 2 nitrogen and oxygen atoms in total. The predicted molar refractivity (Wildman–Crippen MR) is 220 cm³/mol. The molecule has 0 unspecified atom stereocenters. The highest BCUT2D eigenvalue weighted by Gasteiger charge is 2.22. The molecule has 0 amide bonds. The molecular formula is C50H30N2. The van der Waals surface area contributed by atoms with E-state index in [4.69, 9.17) is 0 Å². The maximum absolute atomic E-state index is 2.46. The fraction of sp³-hybridized carbons (Fsp3) is 0. The summed E-state index contributed by atoms with van der Waals surface area (Å²) in [7, 11) is 0. The predicted octanol–water partition coefficient (Wildman–Crippen LogP) is 13.5. The van der Waals surface area contributed by atoms with E-state index in [0.29, 0.717) is 0 Å². The third-order valence-electron chi connectivity index (χ3n) is 11.4. The monoisotopic (exact) mass is 658 g/mol. The number of benzene rings is 9. The van der Waals surface area contributed by atoms with Crippen LogP contribution >= 0.6 is 0 Å². The van der Waals surface area contributed by atoms with Gasteiger partial charge in [-0.1, -0.05) is 127 Å². The van der Waals surface area contributed by atoms with Gasteiger partial charge in [0, 0.05) is 38.3 Å². The number of nitrogens with zero attached hydrogens (tertiary/aromatic N) is 2. The van der Waals surface area contributed by atoms with Crippen molar-refractivity contribution in [3.8, 4) is 44.8 Å². The van der Waals surface area contributed by atoms with E-state index in [1.54, 1.807) is 0 Å². The van der Waals surface area contributed by atoms with E-state index in [2.05, 4.69) is 191 Å². The lowest BCUT2D eigenvalue weighted by molar-refractivity contribution is 1.17. The second kappa shape index (κ2) is 10.3. The van der Waals surface area contributed by atoms with Crippen LogP contribution in [0.25, 0.3) is 110 Å². The van der Waals surface area contributed by atoms with Crippen molar-refractivity contribution in [1.29, 1.82) is 0 Å². The van der Waals surface area contributed by atoms with Gasteiger partial charge in [-0.2, -0.15) is 0 Å². The zero-order chi connectivity index (χ0) is 33.9. The van der Waals surface area contributed by atoms with E-state index in [1.807, 2.05) is 0 Å². The number of fused-ring (bicyclic) bond motifs is 11. The highest BCUT2D eigenvalue weighted by atomic mass is 15.0. The summed E-state index contributed by atoms with van der Waals surface area (Å²) in [6.07, 6.45) is 0. The molecule has 0 bridgehead atoms. The van der Waals surface area contributed by atoms with E-state index in [-0.39, 0.29) is 0 Å². The molecule has 2 heterocycles. The number of para-hydroxylation sites is 2. The first-order chi connectivity index (χ1) is 25.8. The number of hydrogen-bond donors (Lipinski definition) is 0. The molecule has 9 aromatic carbocycles. The van der Waals surface area contributed by atoms with Crippen molar-refractivity contribution in [3.05, 3.63) is 182 Å². The van der Waals surface area contributed by atoms with Gasteiger partial charge in [-0.15, -0.1) is 0 Å². The van der Waals surface area contributed by atoms with Crippen molar-refractivity contribution in [3.63, 3.8) is 0 Å². The van der Waals surface area contributed by atoms with Gasteiger partial charge >= 0.3 is 0 Å². The summed E-state index contributed by atoms with van der Waals surface area (Å²) in [5.41, 5.74) is 15.0. The molecule has 0 aliphatic heterocycles. The van der Waals surface area contributed by atoms with Crippen LogP contribution in [0.4, 0.5) is 0 Å². The van der Waals surface area contributed by atoms with Crippen LogP contribution in [0.2, 0.25) is 0 Å². The highest BCUT2D eigenvalue weighted by molar-refractivity contribution is 6.19. The van der Waals surface area contributed by atoms with E-state index in [0.717, 1.165) is 5.69 Å². The topological polar surface area (TPSA) is 9.86 Å². The molecule has 2 aromatic heterocycles. The maximum Gasteiger partial charge on any atom is 0.0619 e. The van der Waals surface area contributed by atoms with Crippen LogP contribution < -0.4 is 0 Å². The second-order valence-electron chi connectivity index (χ2n) is 14.1. The van der Waals surface area contributed by atoms with Gasteiger partial charge in [0.2, 0.25) is 0 Å². The van der Waals surface area contributed by atoms with Crippen molar-refractivity contribution in [1.82, 2.24) is 9.13 Å². The van der Waals surface area contributed by atoms with Crippen LogP contribution in [0.5, 0.6) is 0 Å². The third-order valence-corrected chi connectivity index (χ3v) is 11.4. The zero-order valence-corrected chi connectivity index (χ0v) is 28.2. The first kappa shape index (κ1) is 27.9. The molecule has 0 spiro atoms. The van der Waals surface area contributed by atoms with Gasteiger partial charge in [-0.05, 0) is 104 Å². The van der Waals surface area contributed by atoms with Crippen molar-refractivity contribution < 1.29 is 0 Å². The average Bonchev–Trinajstić information content (AvgIpc) is 3.85. The Labute approximate surface area is 300 Å². The summed E-state index contributed by atoms with van der Waals surface area (Å²) >= 11 is 0. The van der Waals surface area contributed by atoms with Gasteiger partial charge in [0.1, 0.15) is 0 Å². The Bertz CT molecular complexity index is 3280. The van der Waals surface area contributed by atoms with Crippen molar-refractivity contribution >= 4 is 65.2 Å². The SMILES string of the molecule is c1ccc2c(c1)-c1cccc3cc(-c4ccc(-n5c6ccccc6c6cc(-n7c8ccccc8c8ccc9ccccc9c87)ccc65)cc4)cc-2c13. The molecule has 1 aliphatic rings. The Morgan fingerprint density at radius 2 is 0.904 bits per heavy atom. The molecule has 0 saturated heterocycles. The minimum atomic E-state index is 1.16. The minimum Gasteiger partial charge on any atom is -0.309 e. The molecule has 0 N–H and O–H groups in total. The van der Waals surface area contributed by atoms with Gasteiger partial charge < -0.3 is 9.13 Å². The average molecular weight is 659 g/mol. The van der Waals surface area contributed by atoms with Crippen LogP contribution in [0.1, 0.15) is 0 Å². The summed E-state index contributed by atoms with van der Waals surface area (Å²) in [6.45, 7) is 0. The summed E-state index contributed by atoms with van der Waals surface area (Å²) in [6, 6.07) is 67.2. The second-order valence-corrected chi connectivity index (χ2v) is 14.1. The van der Waals surface area contributed by atoms with Crippen molar-refractivity contribution in [2.75, 3.05) is 0 Å². The smallest absolute Gasteiger partial charge is 0.0619 e. The van der Waals surface area contributed by atoms with Crippen LogP contribution in [-0.4, -0.2) is 9.13 Å². The Morgan fingerprint density at radius 3 is 1.73 bits per heavy atom. The van der Waals surface area contributed by atoms with Gasteiger partial charge in [0.15, 0.2) is 0 Å². The Morgan fingerprint density at radius 1 is 0.288 bits per heavy atom. The van der Waals surface area contributed by atoms with Crippen LogP contribution in [-0.2, 0) is 0 Å². The van der Waals surface area contributed by atoms with Crippen LogP contribution in [0, 0.1) is 0 Å². The van der Waals surface area contributed by atoms with Gasteiger partial charge in [-0.25, -0.2) is 0 Å². The number of aromatic nitrogens is 2. The molecule has 0 saturated carbocycles. The Hall–Kier alpha value is -6.90. The minimum absolute atomic E-state index is 1.16. The normalized spacial score (nSPS) is 12.2. The highest BCUT2D eigenvalue weighted by Crippen LogP contribution is 2.48. The molecule has 2 heteroatoms. The lowest BCUT2D eigenvalue weighted by Crippen LogP contribution is -1.96. The summed E-state index contributed by atoms with van der Waals surface area (Å²) in [5.74, 6) is 0. The maximum atomic E-state index is 2.46. The molecule has 1 aliphatic carbocycles. The standard InChI is InChI=1S/C50H30N2/c1-2-12-37-32(10-1)22-26-43-40-15-5-8-19-47(40)52(50(37)43)36-25-27-48-44(30-36)41-16-6-7-18-46(41)51(48)35-23-20-31(21-24-35)34-28-33-11-9-17-42-38-13-3-4-14-39(38)45(29-34)49(33)42/h1-30H. The Balaban J connectivity index is 1.03. The van der Waals surface area contributed by atoms with Crippen LogP contribution in [0.15, 0.2) is 182 Å². The van der Waals surface area contributed by atoms with E-state index < -0.39 is 0 Å². The fourth-order valence-corrected chi connectivity index (χ4v) is 9.16. The molecule has 11 aromatic rings. The molecular weight excluding hydrogens is 629 g/mol. The summed E-state index contributed by atoms with van der Waals surface area (Å²) in [5, 5.41) is 10.2. The molecule has 52 heavy (non-hydrogen) atoms. The fourth-order valence-electron chi connectivity index (χ4n) is 9.16. The molecule has 0 atom stereocenters. The molecule has 240 valence electrons. The largest absolute Gasteiger partial charge is 0.309 e. The van der Waals surface area contributed by atoms with Crippen molar-refractivity contribution in [2.24, 2.45) is 0 Å². The first-order valence-corrected chi connectivity index (χ1v) is 18.0. The van der Waals surface area contributed by atoms with Gasteiger partial charge in [0.25, 0.3) is 0 Å². The zero-order valence-electron chi connectivity index (χ0n) is 28.2. The van der Waals surface area contributed by atoms with E-state index >= 15 is 0 Å². The van der Waals surface area contributed by atoms with Crippen LogP contribution in [0.3, 0.4) is 0 Å². The third kappa shape index (κ3) is 3.73. The lowest BCUT2D eigenvalue weighted by Gasteiger charge is -2.12. The molecule has 12 rings (SSSR count). The molecule has 0 radical (unpaired) electrons. The van der Waals surface area contributed by atoms with Gasteiger partial charge in [-0.3, -0.25) is 0 Å². The number of hydrogen-bond acceptors (Lipinski definition) is 0. The van der Waals surface area contributed by atoms with E-state index in [1.165, 1.54) is 104 Å². The molecule has 0 fully saturated rings. The van der Waals surface area contributed by atoms with E-state index in [9.17, 15) is 0 Å². The van der Waals surface area contributed by atoms with Gasteiger partial charge in [0.05, 0.1) is 22.1 Å².